The number of nitrogens with zero attached hydrogens (tertiary/aromatic N) is 5. The van der Waals surface area contributed by atoms with Gasteiger partial charge in [0.05, 0.1) is 18.2 Å². The molecule has 0 amide bonds. The lowest BCUT2D eigenvalue weighted by molar-refractivity contribution is -0.144. The first kappa shape index (κ1) is 24.2. The van der Waals surface area contributed by atoms with Crippen LogP contribution in [0.5, 0.6) is 11.5 Å². The minimum Gasteiger partial charge on any atom is -0.465 e. The summed E-state index contributed by atoms with van der Waals surface area (Å²) in [4.78, 5) is 30.7. The Morgan fingerprint density at radius 2 is 1.97 bits per heavy atom. The quantitative estimate of drug-likeness (QED) is 0.445. The number of hydrogen-bond acceptors (Lipinski definition) is 9. The first-order valence-corrected chi connectivity index (χ1v) is 12.7. The molecule has 1 aromatic carbocycles. The van der Waals surface area contributed by atoms with Gasteiger partial charge < -0.3 is 19.2 Å². The number of H-pyrrole nitrogens is 1. The average Bonchev–Trinajstić information content (AvgIpc) is 3.53. The monoisotopic (exact) mass is 496 g/mol. The van der Waals surface area contributed by atoms with E-state index in [0.29, 0.717) is 41.6 Å². The van der Waals surface area contributed by atoms with Crippen LogP contribution in [0.25, 0.3) is 10.9 Å². The Labute approximate surface area is 208 Å². The molecule has 0 spiro atoms. The third-order valence-corrected chi connectivity index (χ3v) is 7.04. The summed E-state index contributed by atoms with van der Waals surface area (Å²) < 4.78 is 17.6. The van der Waals surface area contributed by atoms with Gasteiger partial charge in [-0.3, -0.25) is 14.5 Å². The molecule has 36 heavy (non-hydrogen) atoms. The summed E-state index contributed by atoms with van der Waals surface area (Å²) in [5.74, 6) is 1.54. The molecule has 1 saturated carbocycles. The summed E-state index contributed by atoms with van der Waals surface area (Å²) >= 11 is 0. The molecule has 1 N–H and O–H groups in total. The smallest absolute Gasteiger partial charge is 0.327 e. The van der Waals surface area contributed by atoms with Crippen molar-refractivity contribution in [1.29, 1.82) is 0 Å². The number of carbonyl (C=O) groups is 1. The maximum absolute atomic E-state index is 13.2. The van der Waals surface area contributed by atoms with Gasteiger partial charge in [0, 0.05) is 29.6 Å². The zero-order chi connectivity index (χ0) is 25.1. The first-order chi connectivity index (χ1) is 17.6. The van der Waals surface area contributed by atoms with Crippen molar-refractivity contribution in [2.45, 2.75) is 77.5 Å². The summed E-state index contributed by atoms with van der Waals surface area (Å²) in [7, 11) is 0. The van der Waals surface area contributed by atoms with Crippen LogP contribution in [0.1, 0.15) is 69.8 Å². The molecular weight excluding hydrogens is 464 g/mol. The van der Waals surface area contributed by atoms with Crippen molar-refractivity contribution < 1.29 is 19.0 Å². The van der Waals surface area contributed by atoms with Crippen molar-refractivity contribution in [3.63, 3.8) is 0 Å². The summed E-state index contributed by atoms with van der Waals surface area (Å²) in [6.45, 7) is 4.72. The van der Waals surface area contributed by atoms with Gasteiger partial charge in [0.1, 0.15) is 6.54 Å². The van der Waals surface area contributed by atoms with E-state index in [-0.39, 0.29) is 36.9 Å². The normalized spacial score (nSPS) is 16.5. The minimum atomic E-state index is -0.380. The molecule has 11 nitrogen and oxygen atoms in total. The molecule has 11 heteroatoms. The van der Waals surface area contributed by atoms with Crippen LogP contribution in [0.3, 0.4) is 0 Å². The van der Waals surface area contributed by atoms with E-state index in [9.17, 15) is 9.59 Å². The Hall–Kier alpha value is -3.47. The van der Waals surface area contributed by atoms with E-state index in [1.54, 1.807) is 13.0 Å². The van der Waals surface area contributed by atoms with Gasteiger partial charge in [0.25, 0.3) is 5.56 Å². The largest absolute Gasteiger partial charge is 0.465 e. The number of benzene rings is 1. The van der Waals surface area contributed by atoms with Gasteiger partial charge in [-0.25, -0.2) is 4.68 Å². The standard InChI is InChI=1S/C25H32N6O5/c1-3-20(24-27-28-29-31(24)14-23(32)34-4-2)30(18-8-6-5-7-9-18)13-17-10-16-11-21-22(36-15-35-21)12-19(16)26-25(17)33/h10-12,18,20H,3-9,13-15H2,1-2H3,(H,26,33)/t20-/m0/s1. The van der Waals surface area contributed by atoms with Crippen LogP contribution in [-0.4, -0.2) is 55.5 Å². The molecule has 3 heterocycles. The van der Waals surface area contributed by atoms with Crippen LogP contribution >= 0.6 is 0 Å². The molecule has 5 rings (SSSR count). The zero-order valence-electron chi connectivity index (χ0n) is 20.7. The molecule has 0 radical (unpaired) electrons. The number of pyridine rings is 1. The lowest BCUT2D eigenvalue weighted by atomic mass is 9.92. The molecule has 0 unspecified atom stereocenters. The second-order valence-corrected chi connectivity index (χ2v) is 9.30. The number of hydrogen-bond donors (Lipinski definition) is 1. The predicted octanol–water partition coefficient (Wildman–Crippen LogP) is 3.09. The summed E-state index contributed by atoms with van der Waals surface area (Å²) in [6.07, 6.45) is 6.31. The molecule has 1 fully saturated rings. The molecule has 2 aliphatic rings. The molecule has 0 saturated heterocycles. The number of tetrazole rings is 1. The number of rotatable bonds is 9. The molecule has 1 aliphatic carbocycles. The fourth-order valence-electron chi connectivity index (χ4n) is 5.32. The molecule has 3 aromatic rings. The van der Waals surface area contributed by atoms with Crippen molar-refractivity contribution in [2.75, 3.05) is 13.4 Å². The van der Waals surface area contributed by atoms with E-state index in [1.165, 1.54) is 11.1 Å². The number of fused-ring (bicyclic) bond motifs is 2. The summed E-state index contributed by atoms with van der Waals surface area (Å²) in [6, 6.07) is 5.76. The third kappa shape index (κ3) is 4.92. The van der Waals surface area contributed by atoms with Crippen LogP contribution < -0.4 is 15.0 Å². The van der Waals surface area contributed by atoms with Crippen LogP contribution in [-0.2, 0) is 22.6 Å². The molecule has 1 atom stereocenters. The predicted molar refractivity (Wildman–Crippen MR) is 131 cm³/mol. The number of nitrogens with one attached hydrogen (secondary N) is 1. The maximum Gasteiger partial charge on any atom is 0.327 e. The molecule has 192 valence electrons. The lowest BCUT2D eigenvalue weighted by Gasteiger charge is -2.39. The van der Waals surface area contributed by atoms with Crippen LogP contribution in [0, 0.1) is 0 Å². The Bertz CT molecular complexity index is 1280. The summed E-state index contributed by atoms with van der Waals surface area (Å²) in [5.41, 5.74) is 1.24. The van der Waals surface area contributed by atoms with Gasteiger partial charge in [-0.1, -0.05) is 26.2 Å². The topological polar surface area (TPSA) is 124 Å². The van der Waals surface area contributed by atoms with Crippen molar-refractivity contribution in [1.82, 2.24) is 30.1 Å². The second-order valence-electron chi connectivity index (χ2n) is 9.30. The van der Waals surface area contributed by atoms with Crippen molar-refractivity contribution >= 4 is 16.9 Å². The van der Waals surface area contributed by atoms with Gasteiger partial charge in [0.15, 0.2) is 17.3 Å². The van der Waals surface area contributed by atoms with Gasteiger partial charge >= 0.3 is 5.97 Å². The zero-order valence-corrected chi connectivity index (χ0v) is 20.7. The Morgan fingerprint density at radius 1 is 1.19 bits per heavy atom. The highest BCUT2D eigenvalue weighted by atomic mass is 16.7. The van der Waals surface area contributed by atoms with E-state index in [1.807, 2.05) is 12.1 Å². The molecular formula is C25H32N6O5. The highest BCUT2D eigenvalue weighted by Gasteiger charge is 2.32. The second kappa shape index (κ2) is 10.7. The van der Waals surface area contributed by atoms with E-state index >= 15 is 0 Å². The van der Waals surface area contributed by atoms with Crippen molar-refractivity contribution in [2.24, 2.45) is 0 Å². The van der Waals surface area contributed by atoms with Gasteiger partial charge in [0.2, 0.25) is 6.79 Å². The Morgan fingerprint density at radius 3 is 2.72 bits per heavy atom. The van der Waals surface area contributed by atoms with Crippen molar-refractivity contribution in [3.8, 4) is 11.5 Å². The number of aromatic amines is 1. The average molecular weight is 497 g/mol. The fourth-order valence-corrected chi connectivity index (χ4v) is 5.32. The van der Waals surface area contributed by atoms with Gasteiger partial charge in [-0.2, -0.15) is 0 Å². The highest BCUT2D eigenvalue weighted by molar-refractivity contribution is 5.83. The molecule has 2 aromatic heterocycles. The van der Waals surface area contributed by atoms with Crippen molar-refractivity contribution in [3.05, 3.63) is 39.9 Å². The number of esters is 1. The van der Waals surface area contributed by atoms with Gasteiger partial charge in [-0.05, 0) is 48.7 Å². The summed E-state index contributed by atoms with van der Waals surface area (Å²) in [5, 5.41) is 13.1. The number of aromatic nitrogens is 5. The van der Waals surface area contributed by atoms with E-state index < -0.39 is 0 Å². The highest BCUT2D eigenvalue weighted by Crippen LogP contribution is 2.36. The van der Waals surface area contributed by atoms with Crippen LogP contribution in [0.4, 0.5) is 0 Å². The Kier molecular flexibility index (Phi) is 7.17. The van der Waals surface area contributed by atoms with E-state index in [0.717, 1.165) is 37.5 Å². The lowest BCUT2D eigenvalue weighted by Crippen LogP contribution is -2.41. The van der Waals surface area contributed by atoms with E-state index in [4.69, 9.17) is 14.2 Å². The van der Waals surface area contributed by atoms with Gasteiger partial charge in [-0.15, -0.1) is 5.10 Å². The first-order valence-electron chi connectivity index (χ1n) is 12.7. The van der Waals surface area contributed by atoms with Crippen LogP contribution in [0.2, 0.25) is 0 Å². The fraction of sp³-hybridized carbons (Fsp3) is 0.560. The number of carbonyl (C=O) groups excluding carboxylic acids is 1. The SMILES string of the molecule is CCOC(=O)Cn1nnnc1[C@H](CC)N(Cc1cc2cc3c(cc2[nH]c1=O)OCO3)C1CCCCC1. The third-order valence-electron chi connectivity index (χ3n) is 7.04. The molecule has 0 bridgehead atoms. The minimum absolute atomic E-state index is 0.0467. The number of ether oxygens (including phenoxy) is 3. The Balaban J connectivity index is 1.49. The maximum atomic E-state index is 13.2. The van der Waals surface area contributed by atoms with Crippen LogP contribution in [0.15, 0.2) is 23.0 Å². The molecule has 1 aliphatic heterocycles. The van der Waals surface area contributed by atoms with E-state index in [2.05, 4.69) is 32.3 Å².